The molecule has 0 aromatic rings. The standard InChI is InChI=1S/C7H15N3O3S/c1-2-3-9-6-7(11)10-4-5-14(8,12)13/h2,9H,1,3-6H2,(H,10,11)(H2,8,12,13). The Morgan fingerprint density at radius 3 is 2.64 bits per heavy atom. The molecule has 0 heterocycles. The fourth-order valence-corrected chi connectivity index (χ4v) is 1.07. The van der Waals surface area contributed by atoms with Gasteiger partial charge in [-0.2, -0.15) is 0 Å². The lowest BCUT2D eigenvalue weighted by atomic mass is 10.5. The van der Waals surface area contributed by atoms with Crippen molar-refractivity contribution in [2.75, 3.05) is 25.4 Å². The Balaban J connectivity index is 3.50. The summed E-state index contributed by atoms with van der Waals surface area (Å²) in [5, 5.41) is 9.91. The van der Waals surface area contributed by atoms with Gasteiger partial charge in [0.05, 0.1) is 12.3 Å². The molecule has 0 rings (SSSR count). The first kappa shape index (κ1) is 13.1. The van der Waals surface area contributed by atoms with Gasteiger partial charge in [-0.05, 0) is 0 Å². The van der Waals surface area contributed by atoms with Crippen molar-refractivity contribution in [3.05, 3.63) is 12.7 Å². The van der Waals surface area contributed by atoms with Crippen LogP contribution in [0.3, 0.4) is 0 Å². The van der Waals surface area contributed by atoms with Gasteiger partial charge in [0.1, 0.15) is 0 Å². The molecule has 82 valence electrons. The highest BCUT2D eigenvalue weighted by atomic mass is 32.2. The van der Waals surface area contributed by atoms with Gasteiger partial charge in [-0.15, -0.1) is 6.58 Å². The van der Waals surface area contributed by atoms with Crippen LogP contribution in [0.5, 0.6) is 0 Å². The van der Waals surface area contributed by atoms with Crippen LogP contribution in [0.25, 0.3) is 0 Å². The Hall–Kier alpha value is -0.920. The average Bonchev–Trinajstić information content (AvgIpc) is 2.02. The second kappa shape index (κ2) is 6.52. The minimum atomic E-state index is -3.50. The molecule has 0 saturated heterocycles. The maximum Gasteiger partial charge on any atom is 0.233 e. The van der Waals surface area contributed by atoms with Gasteiger partial charge in [-0.3, -0.25) is 4.79 Å². The molecule has 0 fully saturated rings. The van der Waals surface area contributed by atoms with Crippen molar-refractivity contribution in [3.8, 4) is 0 Å². The summed E-state index contributed by atoms with van der Waals surface area (Å²) in [6.45, 7) is 4.16. The highest BCUT2D eigenvalue weighted by Gasteiger charge is 2.04. The number of primary sulfonamides is 1. The van der Waals surface area contributed by atoms with Crippen LogP contribution in [-0.4, -0.2) is 39.7 Å². The fraction of sp³-hybridized carbons (Fsp3) is 0.571. The molecule has 0 saturated carbocycles. The average molecular weight is 221 g/mol. The molecule has 0 aromatic carbocycles. The van der Waals surface area contributed by atoms with Crippen molar-refractivity contribution in [1.82, 2.24) is 10.6 Å². The Morgan fingerprint density at radius 2 is 2.14 bits per heavy atom. The molecule has 0 unspecified atom stereocenters. The van der Waals surface area contributed by atoms with Gasteiger partial charge in [0, 0.05) is 13.1 Å². The lowest BCUT2D eigenvalue weighted by Gasteiger charge is -2.03. The zero-order valence-electron chi connectivity index (χ0n) is 7.82. The minimum Gasteiger partial charge on any atom is -0.354 e. The molecule has 6 nitrogen and oxygen atoms in total. The highest BCUT2D eigenvalue weighted by molar-refractivity contribution is 7.89. The second-order valence-electron chi connectivity index (χ2n) is 2.64. The summed E-state index contributed by atoms with van der Waals surface area (Å²) in [5.74, 6) is -0.518. The summed E-state index contributed by atoms with van der Waals surface area (Å²) in [6, 6.07) is 0. The predicted octanol–water partition coefficient (Wildman–Crippen LogP) is -1.83. The van der Waals surface area contributed by atoms with Crippen molar-refractivity contribution in [2.24, 2.45) is 5.14 Å². The van der Waals surface area contributed by atoms with Crippen LogP contribution in [0.2, 0.25) is 0 Å². The first-order valence-electron chi connectivity index (χ1n) is 4.04. The molecule has 4 N–H and O–H groups in total. The van der Waals surface area contributed by atoms with Gasteiger partial charge in [0.2, 0.25) is 15.9 Å². The third kappa shape index (κ3) is 9.17. The fourth-order valence-electron chi connectivity index (χ4n) is 0.683. The van der Waals surface area contributed by atoms with Gasteiger partial charge in [-0.25, -0.2) is 13.6 Å². The molecule has 0 aliphatic rings. The molecule has 0 aliphatic carbocycles. The molecule has 7 heteroatoms. The van der Waals surface area contributed by atoms with Crippen LogP contribution >= 0.6 is 0 Å². The number of nitrogens with two attached hydrogens (primary N) is 1. The van der Waals surface area contributed by atoms with E-state index in [1.165, 1.54) is 0 Å². The van der Waals surface area contributed by atoms with Crippen molar-refractivity contribution < 1.29 is 13.2 Å². The topological polar surface area (TPSA) is 101 Å². The van der Waals surface area contributed by atoms with E-state index in [4.69, 9.17) is 5.14 Å². The number of carbonyl (C=O) groups excluding carboxylic acids is 1. The van der Waals surface area contributed by atoms with Crippen LogP contribution in [0.4, 0.5) is 0 Å². The summed E-state index contributed by atoms with van der Waals surface area (Å²) in [5.41, 5.74) is 0. The highest BCUT2D eigenvalue weighted by Crippen LogP contribution is 1.74. The van der Waals surface area contributed by atoms with Gasteiger partial charge in [0.15, 0.2) is 0 Å². The van der Waals surface area contributed by atoms with E-state index < -0.39 is 10.0 Å². The molecule has 0 atom stereocenters. The summed E-state index contributed by atoms with van der Waals surface area (Å²) in [4.78, 5) is 11.0. The summed E-state index contributed by atoms with van der Waals surface area (Å²) in [7, 11) is -3.50. The zero-order chi connectivity index (χ0) is 11.0. The van der Waals surface area contributed by atoms with E-state index in [0.29, 0.717) is 6.54 Å². The first-order valence-corrected chi connectivity index (χ1v) is 5.76. The van der Waals surface area contributed by atoms with Gasteiger partial charge < -0.3 is 10.6 Å². The van der Waals surface area contributed by atoms with Gasteiger partial charge in [-0.1, -0.05) is 6.08 Å². The molecule has 14 heavy (non-hydrogen) atoms. The van der Waals surface area contributed by atoms with E-state index in [2.05, 4.69) is 17.2 Å². The monoisotopic (exact) mass is 221 g/mol. The number of carbonyl (C=O) groups is 1. The maximum atomic E-state index is 11.0. The molecule has 0 aromatic heterocycles. The number of hydrogen-bond acceptors (Lipinski definition) is 4. The smallest absolute Gasteiger partial charge is 0.233 e. The van der Waals surface area contributed by atoms with E-state index in [-0.39, 0.29) is 24.7 Å². The third-order valence-corrected chi connectivity index (χ3v) is 2.06. The van der Waals surface area contributed by atoms with Crippen molar-refractivity contribution in [3.63, 3.8) is 0 Å². The third-order valence-electron chi connectivity index (χ3n) is 1.28. The Labute approximate surface area is 83.6 Å². The number of amides is 1. The predicted molar refractivity (Wildman–Crippen MR) is 54.1 cm³/mol. The number of hydrogen-bond donors (Lipinski definition) is 3. The molecular formula is C7H15N3O3S. The van der Waals surface area contributed by atoms with Crippen LogP contribution in [0.1, 0.15) is 0 Å². The molecule has 0 radical (unpaired) electrons. The molecule has 0 spiro atoms. The number of sulfonamides is 1. The van der Waals surface area contributed by atoms with Crippen LogP contribution < -0.4 is 15.8 Å². The lowest BCUT2D eigenvalue weighted by molar-refractivity contribution is -0.120. The number of rotatable bonds is 7. The lowest BCUT2D eigenvalue weighted by Crippen LogP contribution is -2.37. The first-order chi connectivity index (χ1) is 6.45. The largest absolute Gasteiger partial charge is 0.354 e. The molecule has 1 amide bonds. The maximum absolute atomic E-state index is 11.0. The quantitative estimate of drug-likeness (QED) is 0.347. The van der Waals surface area contributed by atoms with E-state index in [0.717, 1.165) is 0 Å². The van der Waals surface area contributed by atoms with Crippen molar-refractivity contribution in [1.29, 1.82) is 0 Å². The van der Waals surface area contributed by atoms with E-state index >= 15 is 0 Å². The summed E-state index contributed by atoms with van der Waals surface area (Å²) in [6.07, 6.45) is 1.62. The Morgan fingerprint density at radius 1 is 1.50 bits per heavy atom. The second-order valence-corrected chi connectivity index (χ2v) is 4.37. The van der Waals surface area contributed by atoms with E-state index in [9.17, 15) is 13.2 Å². The minimum absolute atomic E-state index is 0.0352. The zero-order valence-corrected chi connectivity index (χ0v) is 8.64. The Kier molecular flexibility index (Phi) is 6.09. The normalized spacial score (nSPS) is 10.9. The summed E-state index contributed by atoms with van der Waals surface area (Å²) >= 11 is 0. The SMILES string of the molecule is C=CCNCC(=O)NCCS(N)(=O)=O. The van der Waals surface area contributed by atoms with Crippen molar-refractivity contribution in [2.45, 2.75) is 0 Å². The van der Waals surface area contributed by atoms with E-state index in [1.807, 2.05) is 0 Å². The van der Waals surface area contributed by atoms with Crippen molar-refractivity contribution >= 4 is 15.9 Å². The van der Waals surface area contributed by atoms with Gasteiger partial charge in [0.25, 0.3) is 0 Å². The Bertz CT molecular complexity index is 287. The summed E-state index contributed by atoms with van der Waals surface area (Å²) < 4.78 is 20.9. The van der Waals surface area contributed by atoms with Crippen LogP contribution in [0, 0.1) is 0 Å². The van der Waals surface area contributed by atoms with Crippen LogP contribution in [-0.2, 0) is 14.8 Å². The number of nitrogens with one attached hydrogen (secondary N) is 2. The molecular weight excluding hydrogens is 206 g/mol. The molecule has 0 aliphatic heterocycles. The van der Waals surface area contributed by atoms with E-state index in [1.54, 1.807) is 6.08 Å². The van der Waals surface area contributed by atoms with Gasteiger partial charge >= 0.3 is 0 Å². The van der Waals surface area contributed by atoms with Crippen LogP contribution in [0.15, 0.2) is 12.7 Å². The molecule has 0 bridgehead atoms.